The van der Waals surface area contributed by atoms with Gasteiger partial charge in [0.05, 0.1) is 10.3 Å². The van der Waals surface area contributed by atoms with Crippen LogP contribution >= 0.6 is 27.3 Å². The zero-order valence-electron chi connectivity index (χ0n) is 12.6. The first kappa shape index (κ1) is 16.5. The molecule has 1 aliphatic heterocycles. The minimum atomic E-state index is -0.388. The maximum atomic E-state index is 12.6. The van der Waals surface area contributed by atoms with Gasteiger partial charge in [-0.2, -0.15) is 0 Å². The maximum absolute atomic E-state index is 12.6. The average molecular weight is 373 g/mol. The molecule has 2 heterocycles. The fraction of sp³-hybridized carbons (Fsp3) is 0.600. The highest BCUT2D eigenvalue weighted by Crippen LogP contribution is 2.27. The molecule has 1 N–H and O–H groups in total. The lowest BCUT2D eigenvalue weighted by Gasteiger charge is -2.41. The summed E-state index contributed by atoms with van der Waals surface area (Å²) in [7, 11) is 0. The predicted molar refractivity (Wildman–Crippen MR) is 88.0 cm³/mol. The Morgan fingerprint density at radius 3 is 2.62 bits per heavy atom. The molecule has 0 aromatic carbocycles. The summed E-state index contributed by atoms with van der Waals surface area (Å²) in [6, 6.07) is 3.22. The molecule has 1 aliphatic rings. The molecule has 0 saturated carbocycles. The predicted octanol–water partition coefficient (Wildman–Crippen LogP) is 3.16. The van der Waals surface area contributed by atoms with E-state index in [1.807, 2.05) is 32.9 Å². The summed E-state index contributed by atoms with van der Waals surface area (Å²) in [4.78, 5) is 27.9. The normalized spacial score (nSPS) is 24.1. The number of piperazine rings is 1. The average Bonchev–Trinajstić information content (AvgIpc) is 2.87. The zero-order chi connectivity index (χ0) is 15.6. The highest BCUT2D eigenvalue weighted by Gasteiger charge is 2.41. The molecular formula is C15H21BrN2O2S. The van der Waals surface area contributed by atoms with Crippen molar-refractivity contribution < 1.29 is 9.59 Å². The van der Waals surface area contributed by atoms with Crippen molar-refractivity contribution in [1.82, 2.24) is 10.2 Å². The van der Waals surface area contributed by atoms with Crippen LogP contribution in [0.3, 0.4) is 0 Å². The van der Waals surface area contributed by atoms with Crippen LogP contribution in [0, 0.1) is 5.92 Å². The summed E-state index contributed by atoms with van der Waals surface area (Å²) < 4.78 is 1.04. The minimum absolute atomic E-state index is 0.0218. The lowest BCUT2D eigenvalue weighted by molar-refractivity contribution is -0.152. The van der Waals surface area contributed by atoms with Crippen molar-refractivity contribution in [3.63, 3.8) is 0 Å². The van der Waals surface area contributed by atoms with Crippen LogP contribution in [0.15, 0.2) is 15.9 Å². The topological polar surface area (TPSA) is 49.4 Å². The van der Waals surface area contributed by atoms with Crippen LogP contribution in [0.25, 0.3) is 0 Å². The molecule has 0 aliphatic carbocycles. The van der Waals surface area contributed by atoms with Crippen molar-refractivity contribution in [2.45, 2.75) is 52.2 Å². The molecule has 3 unspecified atom stereocenters. The first-order chi connectivity index (χ1) is 9.97. The second-order valence-electron chi connectivity index (χ2n) is 5.47. The summed E-state index contributed by atoms with van der Waals surface area (Å²) in [5.41, 5.74) is 0. The lowest BCUT2D eigenvalue weighted by atomic mass is 9.93. The van der Waals surface area contributed by atoms with Crippen LogP contribution in [-0.2, 0) is 16.1 Å². The van der Waals surface area contributed by atoms with Gasteiger partial charge in [-0.15, -0.1) is 11.3 Å². The standard InChI is InChI=1S/C15H21BrN2O2S/c1-4-9(3)13-14(19)17-11(5-2)15(20)18(13)8-10-6-7-12(16)21-10/h6-7,9,11,13H,4-5,8H2,1-3H3,(H,17,19). The molecule has 1 fully saturated rings. The van der Waals surface area contributed by atoms with E-state index in [9.17, 15) is 9.59 Å². The Morgan fingerprint density at radius 2 is 2.10 bits per heavy atom. The fourth-order valence-corrected chi connectivity index (χ4v) is 4.13. The number of amides is 2. The van der Waals surface area contributed by atoms with E-state index in [2.05, 4.69) is 21.2 Å². The summed E-state index contributed by atoms with van der Waals surface area (Å²) >= 11 is 5.05. The van der Waals surface area contributed by atoms with Crippen LogP contribution < -0.4 is 5.32 Å². The van der Waals surface area contributed by atoms with Crippen molar-refractivity contribution in [2.24, 2.45) is 5.92 Å². The molecule has 1 aromatic rings. The zero-order valence-corrected chi connectivity index (χ0v) is 15.0. The molecule has 1 saturated heterocycles. The van der Waals surface area contributed by atoms with E-state index in [1.54, 1.807) is 16.2 Å². The molecular weight excluding hydrogens is 352 g/mol. The Bertz CT molecular complexity index is 531. The van der Waals surface area contributed by atoms with Gasteiger partial charge in [0.25, 0.3) is 0 Å². The first-order valence-corrected chi connectivity index (χ1v) is 8.93. The third-order valence-electron chi connectivity index (χ3n) is 4.05. The molecule has 0 spiro atoms. The summed E-state index contributed by atoms with van der Waals surface area (Å²) in [5.74, 6) is 0.161. The highest BCUT2D eigenvalue weighted by molar-refractivity contribution is 9.11. The third kappa shape index (κ3) is 3.48. The van der Waals surface area contributed by atoms with Gasteiger partial charge in [-0.3, -0.25) is 9.59 Å². The Kier molecular flexibility index (Phi) is 5.43. The summed E-state index contributed by atoms with van der Waals surface area (Å²) in [6.45, 7) is 6.51. The second-order valence-corrected chi connectivity index (χ2v) is 8.02. The monoisotopic (exact) mass is 372 g/mol. The van der Waals surface area contributed by atoms with Crippen molar-refractivity contribution in [1.29, 1.82) is 0 Å². The van der Waals surface area contributed by atoms with Crippen LogP contribution in [0.1, 0.15) is 38.5 Å². The number of halogens is 1. The van der Waals surface area contributed by atoms with Gasteiger partial charge in [-0.25, -0.2) is 0 Å². The molecule has 0 radical (unpaired) electrons. The molecule has 0 bridgehead atoms. The van der Waals surface area contributed by atoms with E-state index in [0.29, 0.717) is 13.0 Å². The number of thiophene rings is 1. The molecule has 21 heavy (non-hydrogen) atoms. The Labute approximate surface area is 138 Å². The van der Waals surface area contributed by atoms with Crippen LogP contribution in [0.4, 0.5) is 0 Å². The van der Waals surface area contributed by atoms with Crippen LogP contribution in [0.5, 0.6) is 0 Å². The molecule has 4 nitrogen and oxygen atoms in total. The first-order valence-electron chi connectivity index (χ1n) is 7.33. The van der Waals surface area contributed by atoms with Crippen molar-refractivity contribution in [3.8, 4) is 0 Å². The number of rotatable bonds is 5. The third-order valence-corrected chi connectivity index (χ3v) is 5.66. The van der Waals surface area contributed by atoms with Crippen LogP contribution in [-0.4, -0.2) is 28.8 Å². The van der Waals surface area contributed by atoms with Gasteiger partial charge >= 0.3 is 0 Å². The molecule has 2 amide bonds. The minimum Gasteiger partial charge on any atom is -0.343 e. The fourth-order valence-electron chi connectivity index (χ4n) is 2.64. The number of hydrogen-bond donors (Lipinski definition) is 1. The largest absolute Gasteiger partial charge is 0.343 e. The van der Waals surface area contributed by atoms with E-state index < -0.39 is 0 Å². The number of hydrogen-bond acceptors (Lipinski definition) is 3. The van der Waals surface area contributed by atoms with Crippen LogP contribution in [0.2, 0.25) is 0 Å². The lowest BCUT2D eigenvalue weighted by Crippen LogP contribution is -2.64. The molecule has 2 rings (SSSR count). The molecule has 6 heteroatoms. The summed E-state index contributed by atoms with van der Waals surface area (Å²) in [6.07, 6.45) is 1.50. The maximum Gasteiger partial charge on any atom is 0.246 e. The van der Waals surface area contributed by atoms with Crippen molar-refractivity contribution in [3.05, 3.63) is 20.8 Å². The van der Waals surface area contributed by atoms with Gasteiger partial charge in [0, 0.05) is 4.88 Å². The van der Waals surface area contributed by atoms with Crippen molar-refractivity contribution in [2.75, 3.05) is 0 Å². The van der Waals surface area contributed by atoms with E-state index in [0.717, 1.165) is 15.1 Å². The van der Waals surface area contributed by atoms with Gasteiger partial charge in [-0.1, -0.05) is 27.2 Å². The van der Waals surface area contributed by atoms with E-state index in [4.69, 9.17) is 0 Å². The second kappa shape index (κ2) is 6.92. The van der Waals surface area contributed by atoms with Gasteiger partial charge in [0.15, 0.2) is 0 Å². The number of nitrogens with zero attached hydrogens (tertiary/aromatic N) is 1. The van der Waals surface area contributed by atoms with Gasteiger partial charge in [0.2, 0.25) is 11.8 Å². The number of carbonyl (C=O) groups excluding carboxylic acids is 2. The highest BCUT2D eigenvalue weighted by atomic mass is 79.9. The molecule has 116 valence electrons. The Balaban J connectivity index is 2.28. The Morgan fingerprint density at radius 1 is 1.38 bits per heavy atom. The number of nitrogens with one attached hydrogen (secondary N) is 1. The quantitative estimate of drug-likeness (QED) is 0.862. The smallest absolute Gasteiger partial charge is 0.246 e. The van der Waals surface area contributed by atoms with Gasteiger partial charge in [0.1, 0.15) is 12.1 Å². The van der Waals surface area contributed by atoms with E-state index >= 15 is 0 Å². The SMILES string of the molecule is CCC1NC(=O)C(C(C)CC)N(Cc2ccc(Br)s2)C1=O. The Hall–Kier alpha value is -0.880. The molecule has 3 atom stereocenters. The van der Waals surface area contributed by atoms with Gasteiger partial charge in [-0.05, 0) is 40.4 Å². The summed E-state index contributed by atoms with van der Waals surface area (Å²) in [5, 5.41) is 2.87. The van der Waals surface area contributed by atoms with Gasteiger partial charge < -0.3 is 10.2 Å². The van der Waals surface area contributed by atoms with E-state index in [-0.39, 0.29) is 29.8 Å². The van der Waals surface area contributed by atoms with Crippen molar-refractivity contribution >= 4 is 39.1 Å². The van der Waals surface area contributed by atoms with E-state index in [1.165, 1.54) is 0 Å². The molecule has 1 aromatic heterocycles. The number of carbonyl (C=O) groups is 2.